The maximum Gasteiger partial charge on any atom is 0.172 e. The van der Waals surface area contributed by atoms with Crippen molar-refractivity contribution in [3.63, 3.8) is 0 Å². The van der Waals surface area contributed by atoms with Crippen LogP contribution in [0.1, 0.15) is 5.69 Å². The summed E-state index contributed by atoms with van der Waals surface area (Å²) in [6.45, 7) is -0.154. The standard InChI is InChI=1S/C9H6BrCl2N3O/c10-8-2-6(4-16)15(14-8)9-7(12)1-5(11)3-13-9/h1-3,16H,4H2. The monoisotopic (exact) mass is 321 g/mol. The third-order valence-electron chi connectivity index (χ3n) is 1.90. The average Bonchev–Trinajstić information content (AvgIpc) is 2.59. The molecule has 0 bridgehead atoms. The molecule has 0 aliphatic carbocycles. The van der Waals surface area contributed by atoms with Gasteiger partial charge in [-0.15, -0.1) is 0 Å². The fourth-order valence-corrected chi connectivity index (χ4v) is 2.13. The highest BCUT2D eigenvalue weighted by atomic mass is 79.9. The van der Waals surface area contributed by atoms with Crippen LogP contribution in [0.4, 0.5) is 0 Å². The molecule has 16 heavy (non-hydrogen) atoms. The summed E-state index contributed by atoms with van der Waals surface area (Å²) in [5.41, 5.74) is 0.587. The van der Waals surface area contributed by atoms with Crippen molar-refractivity contribution in [3.8, 4) is 5.82 Å². The number of halogens is 3. The zero-order valence-corrected chi connectivity index (χ0v) is 11.0. The van der Waals surface area contributed by atoms with Crippen molar-refractivity contribution in [1.29, 1.82) is 0 Å². The predicted octanol–water partition coefficient (Wildman–Crippen LogP) is 2.83. The van der Waals surface area contributed by atoms with E-state index in [0.29, 0.717) is 26.2 Å². The maximum atomic E-state index is 9.16. The Balaban J connectivity index is 2.57. The van der Waals surface area contributed by atoms with Gasteiger partial charge in [-0.2, -0.15) is 5.10 Å². The number of pyridine rings is 1. The molecule has 0 aliphatic rings. The molecule has 2 heterocycles. The van der Waals surface area contributed by atoms with Crippen molar-refractivity contribution in [2.45, 2.75) is 6.61 Å². The van der Waals surface area contributed by atoms with Gasteiger partial charge in [0.1, 0.15) is 4.60 Å². The Morgan fingerprint density at radius 1 is 1.38 bits per heavy atom. The summed E-state index contributed by atoms with van der Waals surface area (Å²) in [6, 6.07) is 3.26. The summed E-state index contributed by atoms with van der Waals surface area (Å²) in [4.78, 5) is 4.07. The van der Waals surface area contributed by atoms with Crippen molar-refractivity contribution in [1.82, 2.24) is 14.8 Å². The van der Waals surface area contributed by atoms with Gasteiger partial charge < -0.3 is 5.11 Å². The van der Waals surface area contributed by atoms with Crippen LogP contribution in [0.15, 0.2) is 22.9 Å². The molecule has 0 amide bonds. The largest absolute Gasteiger partial charge is 0.390 e. The molecule has 0 spiro atoms. The molecular weight excluding hydrogens is 317 g/mol. The molecule has 7 heteroatoms. The molecule has 0 aromatic carbocycles. The predicted molar refractivity (Wildman–Crippen MR) is 65.0 cm³/mol. The first kappa shape index (κ1) is 11.9. The molecule has 0 saturated carbocycles. The van der Waals surface area contributed by atoms with Crippen LogP contribution in [-0.4, -0.2) is 19.9 Å². The minimum absolute atomic E-state index is 0.154. The number of nitrogens with zero attached hydrogens (tertiary/aromatic N) is 3. The molecule has 0 saturated heterocycles. The normalized spacial score (nSPS) is 10.8. The lowest BCUT2D eigenvalue weighted by Gasteiger charge is -2.06. The molecule has 0 atom stereocenters. The van der Waals surface area contributed by atoms with Gasteiger partial charge in [-0.05, 0) is 28.1 Å². The zero-order valence-electron chi connectivity index (χ0n) is 7.86. The van der Waals surface area contributed by atoms with Gasteiger partial charge in [0.2, 0.25) is 0 Å². The minimum Gasteiger partial charge on any atom is -0.390 e. The molecule has 0 fully saturated rings. The Kier molecular flexibility index (Phi) is 3.49. The molecule has 2 aromatic rings. The lowest BCUT2D eigenvalue weighted by Crippen LogP contribution is -2.04. The van der Waals surface area contributed by atoms with E-state index in [4.69, 9.17) is 28.3 Å². The van der Waals surface area contributed by atoms with E-state index < -0.39 is 0 Å². The molecule has 4 nitrogen and oxygen atoms in total. The van der Waals surface area contributed by atoms with E-state index >= 15 is 0 Å². The number of hydrogen-bond acceptors (Lipinski definition) is 3. The van der Waals surface area contributed by atoms with Gasteiger partial charge in [0, 0.05) is 6.20 Å². The van der Waals surface area contributed by atoms with E-state index in [0.717, 1.165) is 0 Å². The van der Waals surface area contributed by atoms with Crippen LogP contribution >= 0.6 is 39.1 Å². The molecule has 1 N–H and O–H groups in total. The average molecular weight is 323 g/mol. The van der Waals surface area contributed by atoms with Gasteiger partial charge in [0.25, 0.3) is 0 Å². The molecule has 2 rings (SSSR count). The smallest absolute Gasteiger partial charge is 0.172 e. The Morgan fingerprint density at radius 3 is 2.75 bits per heavy atom. The second-order valence-corrected chi connectivity index (χ2v) is 4.64. The van der Waals surface area contributed by atoms with E-state index in [1.807, 2.05) is 0 Å². The van der Waals surface area contributed by atoms with Crippen molar-refractivity contribution < 1.29 is 5.11 Å². The van der Waals surface area contributed by atoms with Gasteiger partial charge in [0.05, 0.1) is 22.3 Å². The minimum atomic E-state index is -0.154. The number of aliphatic hydroxyl groups excluding tert-OH is 1. The van der Waals surface area contributed by atoms with Crippen LogP contribution in [0.2, 0.25) is 10.0 Å². The van der Waals surface area contributed by atoms with Crippen LogP contribution in [0.3, 0.4) is 0 Å². The molecule has 2 aromatic heterocycles. The summed E-state index contributed by atoms with van der Waals surface area (Å²) >= 11 is 15.0. The number of hydrogen-bond donors (Lipinski definition) is 1. The molecule has 0 unspecified atom stereocenters. The van der Waals surface area contributed by atoms with Gasteiger partial charge >= 0.3 is 0 Å². The van der Waals surface area contributed by atoms with Gasteiger partial charge in [-0.1, -0.05) is 23.2 Å². The summed E-state index contributed by atoms with van der Waals surface area (Å²) in [5.74, 6) is 0.431. The van der Waals surface area contributed by atoms with E-state index in [1.165, 1.54) is 10.9 Å². The highest BCUT2D eigenvalue weighted by Gasteiger charge is 2.12. The lowest BCUT2D eigenvalue weighted by molar-refractivity contribution is 0.273. The van der Waals surface area contributed by atoms with Crippen LogP contribution < -0.4 is 0 Å². The Bertz CT molecular complexity index is 529. The van der Waals surface area contributed by atoms with Crippen molar-refractivity contribution >= 4 is 39.1 Å². The summed E-state index contributed by atoms with van der Waals surface area (Å²) in [5, 5.41) is 14.1. The molecule has 0 aliphatic heterocycles. The second-order valence-electron chi connectivity index (χ2n) is 2.99. The summed E-state index contributed by atoms with van der Waals surface area (Å²) < 4.78 is 2.06. The van der Waals surface area contributed by atoms with Crippen LogP contribution in [-0.2, 0) is 6.61 Å². The van der Waals surface area contributed by atoms with E-state index in [1.54, 1.807) is 12.1 Å². The van der Waals surface area contributed by atoms with Crippen LogP contribution in [0.25, 0.3) is 5.82 Å². The first-order chi connectivity index (χ1) is 7.61. The van der Waals surface area contributed by atoms with Crippen LogP contribution in [0, 0.1) is 0 Å². The summed E-state index contributed by atoms with van der Waals surface area (Å²) in [6.07, 6.45) is 1.47. The lowest BCUT2D eigenvalue weighted by atomic mass is 10.4. The van der Waals surface area contributed by atoms with Gasteiger partial charge in [-0.3, -0.25) is 0 Å². The van der Waals surface area contributed by atoms with Crippen molar-refractivity contribution in [3.05, 3.63) is 38.7 Å². The molecular formula is C9H6BrCl2N3O. The maximum absolute atomic E-state index is 9.16. The molecule has 0 radical (unpaired) electrons. The second kappa shape index (κ2) is 4.71. The third-order valence-corrected chi connectivity index (χ3v) is 2.78. The quantitative estimate of drug-likeness (QED) is 0.925. The van der Waals surface area contributed by atoms with Gasteiger partial charge in [-0.25, -0.2) is 9.67 Å². The first-order valence-electron chi connectivity index (χ1n) is 4.28. The SMILES string of the molecule is OCc1cc(Br)nn1-c1ncc(Cl)cc1Cl. The number of aromatic nitrogens is 3. The van der Waals surface area contributed by atoms with E-state index in [9.17, 15) is 0 Å². The fraction of sp³-hybridized carbons (Fsp3) is 0.111. The fourth-order valence-electron chi connectivity index (χ4n) is 1.25. The Labute approximate surface area is 110 Å². The summed E-state index contributed by atoms with van der Waals surface area (Å²) in [7, 11) is 0. The van der Waals surface area contributed by atoms with Crippen molar-refractivity contribution in [2.24, 2.45) is 0 Å². The third kappa shape index (κ3) is 2.22. The Hall–Kier alpha value is -0.620. The Morgan fingerprint density at radius 2 is 2.12 bits per heavy atom. The zero-order chi connectivity index (χ0) is 11.7. The number of aliphatic hydroxyl groups is 1. The number of rotatable bonds is 2. The van der Waals surface area contributed by atoms with E-state index in [-0.39, 0.29) is 6.61 Å². The topological polar surface area (TPSA) is 50.9 Å². The highest BCUT2D eigenvalue weighted by Crippen LogP contribution is 2.24. The van der Waals surface area contributed by atoms with Crippen LogP contribution in [0.5, 0.6) is 0 Å². The van der Waals surface area contributed by atoms with Gasteiger partial charge in [0.15, 0.2) is 5.82 Å². The first-order valence-corrected chi connectivity index (χ1v) is 5.83. The molecule has 84 valence electrons. The van der Waals surface area contributed by atoms with Crippen molar-refractivity contribution in [2.75, 3.05) is 0 Å². The highest BCUT2D eigenvalue weighted by molar-refractivity contribution is 9.10. The van der Waals surface area contributed by atoms with E-state index in [2.05, 4.69) is 26.0 Å².